The van der Waals surface area contributed by atoms with Crippen LogP contribution in [0.2, 0.25) is 0 Å². The van der Waals surface area contributed by atoms with Gasteiger partial charge in [-0.15, -0.1) is 0 Å². The third kappa shape index (κ3) is 4.44. The summed E-state index contributed by atoms with van der Waals surface area (Å²) in [5, 5.41) is 15.7. The van der Waals surface area contributed by atoms with Gasteiger partial charge in [0.25, 0.3) is 0 Å². The van der Waals surface area contributed by atoms with Gasteiger partial charge in [0.15, 0.2) is 0 Å². The molecule has 0 aliphatic carbocycles. The second-order valence-electron chi connectivity index (χ2n) is 4.41. The Bertz CT molecular complexity index is 346. The fraction of sp³-hybridized carbons (Fsp3) is 0.636. The Balaban J connectivity index is 2.72. The molecule has 1 aromatic rings. The Morgan fingerprint density at radius 3 is 2.56 bits per heavy atom. The molecule has 1 rings (SSSR count). The zero-order valence-corrected chi connectivity index (χ0v) is 10.3. The molecule has 0 bridgehead atoms. The number of hydrogen-bond donors (Lipinski definition) is 3. The fourth-order valence-corrected chi connectivity index (χ4v) is 1.20. The van der Waals surface area contributed by atoms with E-state index >= 15 is 0 Å². The molecule has 1 aromatic heterocycles. The van der Waals surface area contributed by atoms with E-state index in [4.69, 9.17) is 0 Å². The number of aromatic nitrogens is 2. The molecule has 5 heteroatoms. The minimum Gasteiger partial charge on any atom is -0.389 e. The SMILES string of the molecule is CCNc1nc(C)cc(NCC(C)(C)O)n1. The molecule has 3 N–H and O–H groups in total. The first-order valence-electron chi connectivity index (χ1n) is 5.46. The first kappa shape index (κ1) is 12.7. The molecule has 0 atom stereocenters. The Labute approximate surface area is 96.3 Å². The predicted octanol–water partition coefficient (Wildman–Crippen LogP) is 1.40. The first-order chi connectivity index (χ1) is 7.40. The molecule has 90 valence electrons. The van der Waals surface area contributed by atoms with Gasteiger partial charge in [0, 0.05) is 24.8 Å². The Hall–Kier alpha value is -1.36. The predicted molar refractivity (Wildman–Crippen MR) is 65.7 cm³/mol. The highest BCUT2D eigenvalue weighted by Gasteiger charge is 2.12. The third-order valence-corrected chi connectivity index (χ3v) is 1.89. The number of aryl methyl sites for hydroxylation is 1. The van der Waals surface area contributed by atoms with Gasteiger partial charge >= 0.3 is 0 Å². The second-order valence-corrected chi connectivity index (χ2v) is 4.41. The molecule has 5 nitrogen and oxygen atoms in total. The van der Waals surface area contributed by atoms with Crippen LogP contribution in [-0.2, 0) is 0 Å². The Kier molecular flexibility index (Phi) is 4.06. The maximum Gasteiger partial charge on any atom is 0.224 e. The highest BCUT2D eigenvalue weighted by Crippen LogP contribution is 2.11. The summed E-state index contributed by atoms with van der Waals surface area (Å²) in [6, 6.07) is 1.85. The van der Waals surface area contributed by atoms with Crippen molar-refractivity contribution in [1.29, 1.82) is 0 Å². The van der Waals surface area contributed by atoms with Gasteiger partial charge in [-0.05, 0) is 27.7 Å². The molecule has 0 unspecified atom stereocenters. The smallest absolute Gasteiger partial charge is 0.224 e. The van der Waals surface area contributed by atoms with Crippen LogP contribution < -0.4 is 10.6 Å². The normalized spacial score (nSPS) is 11.3. The van der Waals surface area contributed by atoms with E-state index in [0.717, 1.165) is 18.1 Å². The molecular formula is C11H20N4O. The lowest BCUT2D eigenvalue weighted by molar-refractivity contribution is 0.0944. The second kappa shape index (κ2) is 5.12. The number of nitrogens with zero attached hydrogens (tertiary/aromatic N) is 2. The number of nitrogens with one attached hydrogen (secondary N) is 2. The summed E-state index contributed by atoms with van der Waals surface area (Å²) in [5.74, 6) is 1.34. The van der Waals surface area contributed by atoms with Gasteiger partial charge in [0.05, 0.1) is 5.60 Å². The van der Waals surface area contributed by atoms with E-state index in [0.29, 0.717) is 12.5 Å². The van der Waals surface area contributed by atoms with Gasteiger partial charge in [-0.1, -0.05) is 0 Å². The van der Waals surface area contributed by atoms with E-state index in [1.807, 2.05) is 19.9 Å². The van der Waals surface area contributed by atoms with Crippen molar-refractivity contribution < 1.29 is 5.11 Å². The zero-order valence-electron chi connectivity index (χ0n) is 10.3. The van der Waals surface area contributed by atoms with Crippen LogP contribution in [0.25, 0.3) is 0 Å². The fourth-order valence-electron chi connectivity index (χ4n) is 1.20. The lowest BCUT2D eigenvalue weighted by atomic mass is 10.1. The van der Waals surface area contributed by atoms with Crippen LogP contribution in [-0.4, -0.2) is 33.8 Å². The monoisotopic (exact) mass is 224 g/mol. The van der Waals surface area contributed by atoms with Gasteiger partial charge < -0.3 is 15.7 Å². The molecule has 0 saturated carbocycles. The minimum absolute atomic E-state index is 0.453. The van der Waals surface area contributed by atoms with Gasteiger partial charge in [-0.25, -0.2) is 4.98 Å². The van der Waals surface area contributed by atoms with Crippen LogP contribution in [0.5, 0.6) is 0 Å². The van der Waals surface area contributed by atoms with Gasteiger partial charge in [-0.3, -0.25) is 0 Å². The average Bonchev–Trinajstić information content (AvgIpc) is 2.13. The number of hydrogen-bond acceptors (Lipinski definition) is 5. The molecule has 0 aliphatic heterocycles. The summed E-state index contributed by atoms with van der Waals surface area (Å²) in [5.41, 5.74) is 0.140. The molecule has 0 spiro atoms. The van der Waals surface area contributed by atoms with Crippen molar-refractivity contribution in [2.75, 3.05) is 23.7 Å². The van der Waals surface area contributed by atoms with Crippen LogP contribution in [0, 0.1) is 6.92 Å². The van der Waals surface area contributed by atoms with Crippen molar-refractivity contribution in [2.24, 2.45) is 0 Å². The summed E-state index contributed by atoms with van der Waals surface area (Å²) in [6.45, 7) is 8.65. The lowest BCUT2D eigenvalue weighted by Crippen LogP contribution is -2.29. The van der Waals surface area contributed by atoms with Crippen molar-refractivity contribution in [3.63, 3.8) is 0 Å². The summed E-state index contributed by atoms with van der Waals surface area (Å²) >= 11 is 0. The van der Waals surface area contributed by atoms with Crippen LogP contribution in [0.1, 0.15) is 26.5 Å². The van der Waals surface area contributed by atoms with E-state index in [-0.39, 0.29) is 0 Å². The summed E-state index contributed by atoms with van der Waals surface area (Å²) < 4.78 is 0. The lowest BCUT2D eigenvalue weighted by Gasteiger charge is -2.18. The van der Waals surface area contributed by atoms with Crippen molar-refractivity contribution in [2.45, 2.75) is 33.3 Å². The summed E-state index contributed by atoms with van der Waals surface area (Å²) in [6.07, 6.45) is 0. The Morgan fingerprint density at radius 1 is 1.31 bits per heavy atom. The molecule has 0 aliphatic rings. The van der Waals surface area contributed by atoms with Crippen LogP contribution >= 0.6 is 0 Å². The van der Waals surface area contributed by atoms with Crippen molar-refractivity contribution in [3.8, 4) is 0 Å². The Morgan fingerprint density at radius 2 is 2.00 bits per heavy atom. The minimum atomic E-state index is -0.753. The molecule has 16 heavy (non-hydrogen) atoms. The van der Waals surface area contributed by atoms with Gasteiger partial charge in [0.2, 0.25) is 5.95 Å². The van der Waals surface area contributed by atoms with Crippen LogP contribution in [0.3, 0.4) is 0 Å². The highest BCUT2D eigenvalue weighted by atomic mass is 16.3. The summed E-state index contributed by atoms with van der Waals surface area (Å²) in [4.78, 5) is 8.53. The molecule has 0 saturated heterocycles. The quantitative estimate of drug-likeness (QED) is 0.705. The zero-order chi connectivity index (χ0) is 12.2. The largest absolute Gasteiger partial charge is 0.389 e. The van der Waals surface area contributed by atoms with Crippen molar-refractivity contribution in [1.82, 2.24) is 9.97 Å². The molecule has 0 aromatic carbocycles. The number of aliphatic hydroxyl groups is 1. The molecule has 0 fully saturated rings. The molecule has 1 heterocycles. The van der Waals surface area contributed by atoms with Crippen LogP contribution in [0.4, 0.5) is 11.8 Å². The third-order valence-electron chi connectivity index (χ3n) is 1.89. The van der Waals surface area contributed by atoms with Crippen molar-refractivity contribution >= 4 is 11.8 Å². The first-order valence-corrected chi connectivity index (χ1v) is 5.46. The van der Waals surface area contributed by atoms with E-state index in [1.54, 1.807) is 13.8 Å². The number of rotatable bonds is 5. The molecular weight excluding hydrogens is 204 g/mol. The maximum atomic E-state index is 9.60. The van der Waals surface area contributed by atoms with E-state index in [2.05, 4.69) is 20.6 Å². The topological polar surface area (TPSA) is 70.1 Å². The average molecular weight is 224 g/mol. The number of anilines is 2. The maximum absolute atomic E-state index is 9.60. The van der Waals surface area contributed by atoms with E-state index < -0.39 is 5.60 Å². The molecule has 0 amide bonds. The van der Waals surface area contributed by atoms with E-state index in [1.165, 1.54) is 0 Å². The standard InChI is InChI=1S/C11H20N4O/c1-5-12-10-14-8(2)6-9(15-10)13-7-11(3,4)16/h6,16H,5,7H2,1-4H3,(H2,12,13,14,15). The highest BCUT2D eigenvalue weighted by molar-refractivity contribution is 5.42. The summed E-state index contributed by atoms with van der Waals surface area (Å²) in [7, 11) is 0. The molecule has 0 radical (unpaired) electrons. The van der Waals surface area contributed by atoms with E-state index in [9.17, 15) is 5.11 Å². The van der Waals surface area contributed by atoms with Gasteiger partial charge in [0.1, 0.15) is 5.82 Å². The van der Waals surface area contributed by atoms with Crippen LogP contribution in [0.15, 0.2) is 6.07 Å². The van der Waals surface area contributed by atoms with Gasteiger partial charge in [-0.2, -0.15) is 4.98 Å². The van der Waals surface area contributed by atoms with Crippen molar-refractivity contribution in [3.05, 3.63) is 11.8 Å².